The number of ether oxygens (including phenoxy) is 2. The maximum Gasteiger partial charge on any atom is 0.413 e. The van der Waals surface area contributed by atoms with Crippen molar-refractivity contribution < 1.29 is 19.1 Å². The number of esters is 1. The number of allylic oxidation sites excluding steroid dienone is 1. The van der Waals surface area contributed by atoms with Gasteiger partial charge in [0.05, 0.1) is 12.9 Å². The van der Waals surface area contributed by atoms with Gasteiger partial charge in [-0.2, -0.15) is 9.97 Å². The first kappa shape index (κ1) is 23.7. The molecule has 0 aliphatic rings. The van der Waals surface area contributed by atoms with Crippen LogP contribution in [0, 0.1) is 0 Å². The predicted molar refractivity (Wildman–Crippen MR) is 125 cm³/mol. The minimum absolute atomic E-state index is 0.0612. The van der Waals surface area contributed by atoms with E-state index < -0.39 is 12.1 Å². The summed E-state index contributed by atoms with van der Waals surface area (Å²) in [6.07, 6.45) is 2.50. The molecular formula is C23H28N6O4. The number of amides is 1. The summed E-state index contributed by atoms with van der Waals surface area (Å²) in [5.74, 6) is 0.0689. The van der Waals surface area contributed by atoms with E-state index in [0.717, 1.165) is 24.0 Å². The highest BCUT2D eigenvalue weighted by molar-refractivity contribution is 5.94. The Bertz CT molecular complexity index is 1110. The molecule has 2 N–H and O–H groups in total. The molecule has 33 heavy (non-hydrogen) atoms. The highest BCUT2D eigenvalue weighted by Crippen LogP contribution is 2.21. The molecule has 0 atom stereocenters. The number of nitrogens with zero attached hydrogens (tertiary/aromatic N) is 4. The largest absolute Gasteiger partial charge is 0.465 e. The first-order valence-electron chi connectivity index (χ1n) is 10.7. The molecule has 2 heterocycles. The van der Waals surface area contributed by atoms with E-state index in [9.17, 15) is 9.59 Å². The van der Waals surface area contributed by atoms with Crippen LogP contribution < -0.4 is 10.6 Å². The molecule has 3 rings (SSSR count). The van der Waals surface area contributed by atoms with Gasteiger partial charge in [-0.15, -0.1) is 6.58 Å². The third-order valence-electron chi connectivity index (χ3n) is 4.57. The van der Waals surface area contributed by atoms with Crippen LogP contribution in [0.5, 0.6) is 0 Å². The van der Waals surface area contributed by atoms with Gasteiger partial charge in [0.1, 0.15) is 13.2 Å². The van der Waals surface area contributed by atoms with E-state index >= 15 is 0 Å². The normalized spacial score (nSPS) is 10.6. The summed E-state index contributed by atoms with van der Waals surface area (Å²) in [4.78, 5) is 37.5. The Morgan fingerprint density at radius 2 is 1.94 bits per heavy atom. The lowest BCUT2D eigenvalue weighted by molar-refractivity contribution is -0.143. The fourth-order valence-corrected chi connectivity index (χ4v) is 3.02. The van der Waals surface area contributed by atoms with Crippen molar-refractivity contribution in [2.24, 2.45) is 0 Å². The van der Waals surface area contributed by atoms with Crippen molar-refractivity contribution in [1.82, 2.24) is 19.5 Å². The lowest BCUT2D eigenvalue weighted by Gasteiger charge is -2.11. The number of imidazole rings is 1. The third-order valence-corrected chi connectivity index (χ3v) is 4.57. The van der Waals surface area contributed by atoms with E-state index in [4.69, 9.17) is 9.47 Å². The minimum Gasteiger partial charge on any atom is -0.465 e. The quantitative estimate of drug-likeness (QED) is 0.255. The number of carbonyl (C=O) groups is 2. The summed E-state index contributed by atoms with van der Waals surface area (Å²) < 4.78 is 11.9. The number of carbonyl (C=O) groups excluding carboxylic acids is 2. The number of hydrogen-bond acceptors (Lipinski definition) is 8. The van der Waals surface area contributed by atoms with E-state index in [1.165, 1.54) is 6.33 Å². The van der Waals surface area contributed by atoms with Crippen LogP contribution in [-0.2, 0) is 27.4 Å². The Hall–Kier alpha value is -3.95. The van der Waals surface area contributed by atoms with Crippen LogP contribution in [0.4, 0.5) is 16.6 Å². The van der Waals surface area contributed by atoms with Crippen LogP contribution in [0.2, 0.25) is 0 Å². The van der Waals surface area contributed by atoms with E-state index in [0.29, 0.717) is 23.7 Å². The Labute approximate surface area is 192 Å². The van der Waals surface area contributed by atoms with Crippen LogP contribution >= 0.6 is 0 Å². The van der Waals surface area contributed by atoms with Crippen molar-refractivity contribution in [3.05, 3.63) is 54.4 Å². The summed E-state index contributed by atoms with van der Waals surface area (Å²) >= 11 is 0. The number of benzene rings is 1. The second-order valence-electron chi connectivity index (χ2n) is 7.42. The zero-order valence-corrected chi connectivity index (χ0v) is 18.8. The first-order valence-corrected chi connectivity index (χ1v) is 10.7. The molecule has 10 heteroatoms. The van der Waals surface area contributed by atoms with E-state index in [-0.39, 0.29) is 25.6 Å². The molecule has 2 aromatic heterocycles. The topological polar surface area (TPSA) is 120 Å². The average molecular weight is 453 g/mol. The van der Waals surface area contributed by atoms with Crippen molar-refractivity contribution in [1.29, 1.82) is 0 Å². The van der Waals surface area contributed by atoms with Crippen molar-refractivity contribution >= 4 is 35.0 Å². The average Bonchev–Trinajstić information content (AvgIpc) is 3.19. The number of hydrogen-bond donors (Lipinski definition) is 2. The summed E-state index contributed by atoms with van der Waals surface area (Å²) in [7, 11) is 0. The van der Waals surface area contributed by atoms with Gasteiger partial charge in [-0.25, -0.2) is 9.78 Å². The second-order valence-corrected chi connectivity index (χ2v) is 7.42. The third kappa shape index (κ3) is 7.03. The van der Waals surface area contributed by atoms with Gasteiger partial charge in [-0.05, 0) is 32.3 Å². The van der Waals surface area contributed by atoms with Crippen molar-refractivity contribution in [2.45, 2.75) is 39.8 Å². The molecule has 0 bridgehead atoms. The Morgan fingerprint density at radius 1 is 1.15 bits per heavy atom. The van der Waals surface area contributed by atoms with Crippen molar-refractivity contribution in [3.8, 4) is 0 Å². The lowest BCUT2D eigenvalue weighted by atomic mass is 10.2. The molecule has 0 spiro atoms. The van der Waals surface area contributed by atoms with Crippen LogP contribution in [-0.4, -0.2) is 44.7 Å². The number of nitrogens with one attached hydrogen (secondary N) is 2. The number of aromatic nitrogens is 4. The van der Waals surface area contributed by atoms with Gasteiger partial charge in [0.15, 0.2) is 17.0 Å². The smallest absolute Gasteiger partial charge is 0.413 e. The van der Waals surface area contributed by atoms with Gasteiger partial charge in [0.25, 0.3) is 0 Å². The van der Waals surface area contributed by atoms with Gasteiger partial charge < -0.3 is 19.4 Å². The molecule has 0 saturated carbocycles. The molecule has 174 valence electrons. The maximum atomic E-state index is 12.4. The van der Waals surface area contributed by atoms with Gasteiger partial charge in [-0.1, -0.05) is 35.9 Å². The SMILES string of the molecule is C=C(C)CCCNc1nc(NC(=O)OCc2ccccc2)c2ncn(CC(=O)OCC)c2n1. The molecule has 3 aromatic rings. The van der Waals surface area contributed by atoms with Gasteiger partial charge in [0, 0.05) is 6.54 Å². The molecule has 0 fully saturated rings. The van der Waals surface area contributed by atoms with E-state index in [1.807, 2.05) is 37.3 Å². The monoisotopic (exact) mass is 452 g/mol. The van der Waals surface area contributed by atoms with Gasteiger partial charge >= 0.3 is 12.1 Å². The van der Waals surface area contributed by atoms with Crippen LogP contribution in [0.15, 0.2) is 48.8 Å². The number of anilines is 2. The summed E-state index contributed by atoms with van der Waals surface area (Å²) in [5.41, 5.74) is 2.67. The number of fused-ring (bicyclic) bond motifs is 1. The highest BCUT2D eigenvalue weighted by atomic mass is 16.5. The van der Waals surface area contributed by atoms with Crippen LogP contribution in [0.25, 0.3) is 11.2 Å². The Kier molecular flexibility index (Phi) is 8.34. The van der Waals surface area contributed by atoms with Crippen LogP contribution in [0.3, 0.4) is 0 Å². The summed E-state index contributed by atoms with van der Waals surface area (Å²) in [6, 6.07) is 9.35. The zero-order valence-electron chi connectivity index (χ0n) is 18.8. The van der Waals surface area contributed by atoms with E-state index in [2.05, 4.69) is 32.2 Å². The second kappa shape index (κ2) is 11.6. The standard InChI is InChI=1S/C23H28N6O4/c1-4-32-18(30)13-29-15-25-19-20(27-23(31)33-14-17-10-6-5-7-11-17)26-22(28-21(19)29)24-12-8-9-16(2)3/h5-7,10-11,15H,2,4,8-9,12-14H2,1,3H3,(H2,24,26,27,28,31). The molecular weight excluding hydrogens is 424 g/mol. The maximum absolute atomic E-state index is 12.4. The minimum atomic E-state index is -0.674. The molecule has 1 amide bonds. The Balaban J connectivity index is 1.79. The molecule has 10 nitrogen and oxygen atoms in total. The molecule has 1 aromatic carbocycles. The van der Waals surface area contributed by atoms with Crippen molar-refractivity contribution in [3.63, 3.8) is 0 Å². The van der Waals surface area contributed by atoms with Gasteiger partial charge in [-0.3, -0.25) is 10.1 Å². The molecule has 0 unspecified atom stereocenters. The van der Waals surface area contributed by atoms with Gasteiger partial charge in [0.2, 0.25) is 5.95 Å². The van der Waals surface area contributed by atoms with Crippen molar-refractivity contribution in [2.75, 3.05) is 23.8 Å². The molecule has 0 saturated heterocycles. The summed E-state index contributed by atoms with van der Waals surface area (Å²) in [6.45, 7) is 8.55. The lowest BCUT2D eigenvalue weighted by Crippen LogP contribution is -2.17. The first-order chi connectivity index (χ1) is 16.0. The Morgan fingerprint density at radius 3 is 2.67 bits per heavy atom. The zero-order chi connectivity index (χ0) is 23.6. The number of rotatable bonds is 11. The molecule has 0 radical (unpaired) electrons. The summed E-state index contributed by atoms with van der Waals surface area (Å²) in [5, 5.41) is 5.78. The molecule has 0 aliphatic heterocycles. The van der Waals surface area contributed by atoms with E-state index in [1.54, 1.807) is 11.5 Å². The fourth-order valence-electron chi connectivity index (χ4n) is 3.02. The highest BCUT2D eigenvalue weighted by Gasteiger charge is 2.17. The predicted octanol–water partition coefficient (Wildman–Crippen LogP) is 3.91. The fraction of sp³-hybridized carbons (Fsp3) is 0.348. The molecule has 0 aliphatic carbocycles. The van der Waals surface area contributed by atoms with Crippen LogP contribution in [0.1, 0.15) is 32.3 Å².